The van der Waals surface area contributed by atoms with Crippen LogP contribution in [0.2, 0.25) is 0 Å². The molecule has 1 heterocycles. The molecule has 2 aromatic carbocycles. The standard InChI is InChI=1S/C33H46N2O7/c1-6-19-34-33(36)39-23-31-30(41-28-14-12-27(37-5)13-15-28)17-16-29(42-31)18-20-40-35-21-25(4)32(24(2)3)38-22-26-10-8-7-9-11-26/h7-17,21,24-25,29-32H,6,18-20,22-23H2,1-5H3,(H,34,36)/b35-21+/t25-,29+,30+,31-,32-/m1/s1. The molecule has 0 fully saturated rings. The summed E-state index contributed by atoms with van der Waals surface area (Å²) in [6.45, 7) is 9.87. The van der Waals surface area contributed by atoms with E-state index in [-0.39, 0.29) is 24.7 Å². The molecule has 0 unspecified atom stereocenters. The van der Waals surface area contributed by atoms with Crippen molar-refractivity contribution in [2.45, 2.75) is 71.6 Å². The Bertz CT molecular complexity index is 1090. The lowest BCUT2D eigenvalue weighted by molar-refractivity contribution is -0.0808. The van der Waals surface area contributed by atoms with Crippen LogP contribution in [0.15, 0.2) is 71.9 Å². The number of hydrogen-bond acceptors (Lipinski definition) is 8. The van der Waals surface area contributed by atoms with Gasteiger partial charge >= 0.3 is 6.09 Å². The molecule has 2 aromatic rings. The van der Waals surface area contributed by atoms with Crippen LogP contribution in [0.5, 0.6) is 11.5 Å². The minimum atomic E-state index is -0.494. The lowest BCUT2D eigenvalue weighted by atomic mass is 9.95. The SMILES string of the molecule is CCCNC(=O)OC[C@H]1O[C@H](CCO/N=C/[C@@H](C)[C@H](OCc2ccccc2)C(C)C)C=C[C@@H]1Oc1ccc(OC)cc1. The maximum absolute atomic E-state index is 12.1. The monoisotopic (exact) mass is 582 g/mol. The van der Waals surface area contributed by atoms with Crippen molar-refractivity contribution in [3.63, 3.8) is 0 Å². The Morgan fingerprint density at radius 2 is 1.79 bits per heavy atom. The van der Waals surface area contributed by atoms with E-state index in [1.807, 2.05) is 61.5 Å². The number of hydrogen-bond donors (Lipinski definition) is 1. The van der Waals surface area contributed by atoms with Crippen molar-refractivity contribution in [3.05, 3.63) is 72.3 Å². The first-order valence-corrected chi connectivity index (χ1v) is 14.8. The molecule has 0 spiro atoms. The van der Waals surface area contributed by atoms with Crippen LogP contribution in [-0.4, -0.2) is 63.6 Å². The van der Waals surface area contributed by atoms with E-state index in [9.17, 15) is 4.79 Å². The van der Waals surface area contributed by atoms with Gasteiger partial charge < -0.3 is 33.8 Å². The molecule has 1 aliphatic heterocycles. The first kappa shape index (κ1) is 32.9. The third kappa shape index (κ3) is 11.4. The van der Waals surface area contributed by atoms with E-state index in [1.54, 1.807) is 13.3 Å². The highest BCUT2D eigenvalue weighted by Gasteiger charge is 2.30. The van der Waals surface area contributed by atoms with Gasteiger partial charge in [-0.25, -0.2) is 4.79 Å². The molecule has 1 amide bonds. The smallest absolute Gasteiger partial charge is 0.407 e. The van der Waals surface area contributed by atoms with Crippen molar-refractivity contribution in [2.75, 3.05) is 26.9 Å². The fraction of sp³-hybridized carbons (Fsp3) is 0.515. The van der Waals surface area contributed by atoms with Gasteiger partial charge in [-0.3, -0.25) is 0 Å². The van der Waals surface area contributed by atoms with Gasteiger partial charge in [0.2, 0.25) is 0 Å². The number of carbonyl (C=O) groups excluding carboxylic acids is 1. The lowest BCUT2D eigenvalue weighted by Crippen LogP contribution is -2.43. The molecule has 1 N–H and O–H groups in total. The average Bonchev–Trinajstić information content (AvgIpc) is 3.00. The fourth-order valence-corrected chi connectivity index (χ4v) is 4.53. The van der Waals surface area contributed by atoms with Crippen molar-refractivity contribution in [1.29, 1.82) is 0 Å². The number of carbonyl (C=O) groups is 1. The van der Waals surface area contributed by atoms with E-state index in [1.165, 1.54) is 0 Å². The normalized spacial score (nSPS) is 19.8. The van der Waals surface area contributed by atoms with Crippen LogP contribution < -0.4 is 14.8 Å². The Balaban J connectivity index is 1.50. The second kappa shape index (κ2) is 18.1. The van der Waals surface area contributed by atoms with Gasteiger partial charge in [-0.05, 0) is 48.2 Å². The summed E-state index contributed by atoms with van der Waals surface area (Å²) in [4.78, 5) is 17.6. The first-order chi connectivity index (χ1) is 20.4. The van der Waals surface area contributed by atoms with Crippen molar-refractivity contribution >= 4 is 12.3 Å². The van der Waals surface area contributed by atoms with Crippen LogP contribution in [0, 0.1) is 11.8 Å². The van der Waals surface area contributed by atoms with Gasteiger partial charge in [0.05, 0.1) is 25.9 Å². The maximum Gasteiger partial charge on any atom is 0.407 e. The summed E-state index contributed by atoms with van der Waals surface area (Å²) in [5.74, 6) is 1.80. The third-order valence-corrected chi connectivity index (χ3v) is 6.79. The van der Waals surface area contributed by atoms with Crippen molar-refractivity contribution in [2.24, 2.45) is 17.0 Å². The molecule has 0 aliphatic carbocycles. The van der Waals surface area contributed by atoms with Crippen molar-refractivity contribution in [1.82, 2.24) is 5.32 Å². The lowest BCUT2D eigenvalue weighted by Gasteiger charge is -2.32. The Labute approximate surface area is 250 Å². The van der Waals surface area contributed by atoms with E-state index in [4.69, 9.17) is 28.5 Å². The number of nitrogens with zero attached hydrogens (tertiary/aromatic N) is 1. The van der Waals surface area contributed by atoms with Gasteiger partial charge in [0.1, 0.15) is 36.9 Å². The van der Waals surface area contributed by atoms with Crippen LogP contribution in [0.3, 0.4) is 0 Å². The molecule has 5 atom stereocenters. The van der Waals surface area contributed by atoms with Gasteiger partial charge in [0.25, 0.3) is 0 Å². The number of oxime groups is 1. The third-order valence-electron chi connectivity index (χ3n) is 6.79. The van der Waals surface area contributed by atoms with Crippen LogP contribution in [0.4, 0.5) is 4.79 Å². The topological polar surface area (TPSA) is 96.8 Å². The molecule has 230 valence electrons. The van der Waals surface area contributed by atoms with Crippen molar-refractivity contribution < 1.29 is 33.3 Å². The predicted molar refractivity (Wildman–Crippen MR) is 163 cm³/mol. The zero-order valence-electron chi connectivity index (χ0n) is 25.4. The summed E-state index contributed by atoms with van der Waals surface area (Å²) in [5, 5.41) is 6.92. The molecule has 0 saturated heterocycles. The van der Waals surface area contributed by atoms with E-state index >= 15 is 0 Å². The van der Waals surface area contributed by atoms with Gasteiger partial charge in [-0.1, -0.05) is 69.3 Å². The van der Waals surface area contributed by atoms with Crippen LogP contribution in [-0.2, 0) is 25.7 Å². The fourth-order valence-electron chi connectivity index (χ4n) is 4.53. The summed E-state index contributed by atoms with van der Waals surface area (Å²) >= 11 is 0. The van der Waals surface area contributed by atoms with Crippen molar-refractivity contribution in [3.8, 4) is 11.5 Å². The minimum absolute atomic E-state index is 0.0140. The maximum atomic E-state index is 12.1. The molecule has 9 heteroatoms. The quantitative estimate of drug-likeness (QED) is 0.103. The number of rotatable bonds is 17. The largest absolute Gasteiger partial charge is 0.497 e. The summed E-state index contributed by atoms with van der Waals surface area (Å²) in [6, 6.07) is 17.5. The van der Waals surface area contributed by atoms with Gasteiger partial charge in [0, 0.05) is 25.1 Å². The average molecular weight is 583 g/mol. The molecule has 3 rings (SSSR count). The summed E-state index contributed by atoms with van der Waals surface area (Å²) in [6.07, 6.45) is 5.47. The minimum Gasteiger partial charge on any atom is -0.497 e. The second-order valence-electron chi connectivity index (χ2n) is 10.6. The highest BCUT2D eigenvalue weighted by molar-refractivity contribution is 5.67. The number of nitrogens with one attached hydrogen (secondary N) is 1. The summed E-state index contributed by atoms with van der Waals surface area (Å²) in [7, 11) is 1.62. The molecule has 0 saturated carbocycles. The van der Waals surface area contributed by atoms with E-state index in [0.717, 1.165) is 17.7 Å². The Morgan fingerprint density at radius 3 is 2.48 bits per heavy atom. The highest BCUT2D eigenvalue weighted by atomic mass is 16.6. The molecule has 42 heavy (non-hydrogen) atoms. The van der Waals surface area contributed by atoms with Gasteiger partial charge in [0.15, 0.2) is 0 Å². The van der Waals surface area contributed by atoms with Crippen LogP contribution in [0.25, 0.3) is 0 Å². The number of methoxy groups -OCH3 is 1. The Kier molecular flexibility index (Phi) is 14.2. The number of alkyl carbamates (subject to hydrolysis) is 1. The van der Waals surface area contributed by atoms with Crippen LogP contribution >= 0.6 is 0 Å². The highest BCUT2D eigenvalue weighted by Crippen LogP contribution is 2.24. The number of ether oxygens (including phenoxy) is 5. The van der Waals surface area contributed by atoms with Gasteiger partial charge in [-0.2, -0.15) is 0 Å². The zero-order chi connectivity index (χ0) is 30.2. The molecule has 0 bridgehead atoms. The molecule has 0 aromatic heterocycles. The van der Waals surface area contributed by atoms with Crippen LogP contribution in [0.1, 0.15) is 46.1 Å². The Morgan fingerprint density at radius 1 is 1.05 bits per heavy atom. The Hall–Kier alpha value is -3.56. The van der Waals surface area contributed by atoms with E-state index < -0.39 is 18.3 Å². The molecular weight excluding hydrogens is 536 g/mol. The molecule has 0 radical (unpaired) electrons. The molecule has 1 aliphatic rings. The number of amides is 1. The van der Waals surface area contributed by atoms with Gasteiger partial charge in [-0.15, -0.1) is 0 Å². The molecular formula is C33H46N2O7. The summed E-state index contributed by atoms with van der Waals surface area (Å²) in [5.41, 5.74) is 1.14. The molecule has 9 nitrogen and oxygen atoms in total. The number of benzene rings is 2. The van der Waals surface area contributed by atoms with E-state index in [2.05, 4.69) is 43.4 Å². The van der Waals surface area contributed by atoms with E-state index in [0.29, 0.717) is 37.8 Å². The first-order valence-electron chi connectivity index (χ1n) is 14.8. The predicted octanol–water partition coefficient (Wildman–Crippen LogP) is 6.17. The second-order valence-corrected chi connectivity index (χ2v) is 10.6. The zero-order valence-corrected chi connectivity index (χ0v) is 25.4. The summed E-state index contributed by atoms with van der Waals surface area (Å²) < 4.78 is 29.2.